The lowest BCUT2D eigenvalue weighted by atomic mass is 9.89. The lowest BCUT2D eigenvalue weighted by molar-refractivity contribution is -0.122. The van der Waals surface area contributed by atoms with Crippen LogP contribution in [0.15, 0.2) is 23.4 Å². The number of hydrogen-bond acceptors (Lipinski definition) is 4. The summed E-state index contributed by atoms with van der Waals surface area (Å²) in [7, 11) is 1.57. The Labute approximate surface area is 105 Å². The molecule has 2 N–H and O–H groups in total. The Morgan fingerprint density at radius 3 is 3.06 bits per heavy atom. The summed E-state index contributed by atoms with van der Waals surface area (Å²) in [6.07, 6.45) is 2.56. The summed E-state index contributed by atoms with van der Waals surface area (Å²) in [6, 6.07) is 5.59. The first-order chi connectivity index (χ1) is 8.76. The van der Waals surface area contributed by atoms with Gasteiger partial charge in [0.1, 0.15) is 5.75 Å². The van der Waals surface area contributed by atoms with E-state index in [1.165, 1.54) is 0 Å². The molecule has 5 nitrogen and oxygen atoms in total. The number of amides is 1. The molecule has 96 valence electrons. The van der Waals surface area contributed by atoms with Crippen molar-refractivity contribution in [3.63, 3.8) is 0 Å². The van der Waals surface area contributed by atoms with Crippen LogP contribution in [0.1, 0.15) is 24.0 Å². The topological polar surface area (TPSA) is 70.9 Å². The lowest BCUT2D eigenvalue weighted by Crippen LogP contribution is -2.25. The van der Waals surface area contributed by atoms with Crippen LogP contribution in [0, 0.1) is 0 Å². The molecule has 5 heteroatoms. The van der Waals surface area contributed by atoms with Gasteiger partial charge < -0.3 is 15.3 Å². The van der Waals surface area contributed by atoms with E-state index < -0.39 is 0 Å². The van der Waals surface area contributed by atoms with Gasteiger partial charge in [0.05, 0.1) is 5.71 Å². The zero-order valence-electron chi connectivity index (χ0n) is 10.3. The smallest absolute Gasteiger partial charge is 0.257 e. The van der Waals surface area contributed by atoms with Gasteiger partial charge in [-0.05, 0) is 25.3 Å². The number of ether oxygens (including phenoxy) is 1. The van der Waals surface area contributed by atoms with Gasteiger partial charge in [0.15, 0.2) is 6.61 Å². The molecule has 0 saturated carbocycles. The average molecular weight is 248 g/mol. The molecular formula is C13H16N2O3. The number of benzene rings is 1. The quantitative estimate of drug-likeness (QED) is 0.626. The lowest BCUT2D eigenvalue weighted by Gasteiger charge is -2.19. The van der Waals surface area contributed by atoms with Crippen LogP contribution in [0.4, 0.5) is 0 Å². The van der Waals surface area contributed by atoms with Crippen molar-refractivity contribution in [1.29, 1.82) is 0 Å². The number of likely N-dealkylation sites (N-methyl/N-ethyl adjacent to an activating group) is 1. The SMILES string of the molecule is CNC(=O)COc1cccc2c1CCCC2=NO. The van der Waals surface area contributed by atoms with Crippen LogP contribution in [0.2, 0.25) is 0 Å². The van der Waals surface area contributed by atoms with Gasteiger partial charge in [-0.2, -0.15) is 0 Å². The Hall–Kier alpha value is -2.04. The van der Waals surface area contributed by atoms with Crippen molar-refractivity contribution in [2.75, 3.05) is 13.7 Å². The molecule has 0 heterocycles. The Balaban J connectivity index is 2.25. The normalized spacial score (nSPS) is 16.2. The molecule has 0 saturated heterocycles. The molecule has 0 atom stereocenters. The zero-order chi connectivity index (χ0) is 13.0. The first-order valence-corrected chi connectivity index (χ1v) is 5.93. The highest BCUT2D eigenvalue weighted by molar-refractivity contribution is 6.02. The van der Waals surface area contributed by atoms with Gasteiger partial charge in [-0.1, -0.05) is 17.3 Å². The summed E-state index contributed by atoms with van der Waals surface area (Å²) in [5.41, 5.74) is 2.61. The molecule has 2 rings (SSSR count). The van der Waals surface area contributed by atoms with Crippen molar-refractivity contribution in [2.24, 2.45) is 5.16 Å². The Kier molecular flexibility index (Phi) is 3.82. The van der Waals surface area contributed by atoms with Crippen LogP contribution in [0.3, 0.4) is 0 Å². The van der Waals surface area contributed by atoms with Crippen molar-refractivity contribution in [3.05, 3.63) is 29.3 Å². The third-order valence-corrected chi connectivity index (χ3v) is 3.04. The Morgan fingerprint density at radius 2 is 2.33 bits per heavy atom. The second-order valence-electron chi connectivity index (χ2n) is 4.14. The number of carbonyl (C=O) groups excluding carboxylic acids is 1. The first-order valence-electron chi connectivity index (χ1n) is 5.93. The minimum absolute atomic E-state index is 0.00143. The summed E-state index contributed by atoms with van der Waals surface area (Å²) in [4.78, 5) is 11.2. The van der Waals surface area contributed by atoms with Crippen LogP contribution in [-0.4, -0.2) is 30.5 Å². The van der Waals surface area contributed by atoms with Crippen molar-refractivity contribution < 1.29 is 14.7 Å². The fourth-order valence-electron chi connectivity index (χ4n) is 2.12. The number of nitrogens with one attached hydrogen (secondary N) is 1. The summed E-state index contributed by atoms with van der Waals surface area (Å²) in [6.45, 7) is -0.00143. The molecule has 0 fully saturated rings. The Bertz CT molecular complexity index is 483. The highest BCUT2D eigenvalue weighted by atomic mass is 16.5. The predicted molar refractivity (Wildman–Crippen MR) is 67.3 cm³/mol. The van der Waals surface area contributed by atoms with E-state index in [0.29, 0.717) is 11.5 Å². The molecule has 18 heavy (non-hydrogen) atoms. The molecule has 1 aromatic carbocycles. The van der Waals surface area contributed by atoms with Crippen molar-refractivity contribution in [1.82, 2.24) is 5.32 Å². The summed E-state index contributed by atoms with van der Waals surface area (Å²) in [5, 5.41) is 14.8. The van der Waals surface area contributed by atoms with Gasteiger partial charge in [-0.3, -0.25) is 4.79 Å². The molecule has 0 unspecified atom stereocenters. The Morgan fingerprint density at radius 1 is 1.50 bits per heavy atom. The minimum atomic E-state index is -0.167. The van der Waals surface area contributed by atoms with Crippen molar-refractivity contribution in [3.8, 4) is 5.75 Å². The molecule has 0 aliphatic heterocycles. The number of hydrogen-bond donors (Lipinski definition) is 2. The molecule has 0 radical (unpaired) electrons. The van der Waals surface area contributed by atoms with Gasteiger partial charge in [0.2, 0.25) is 0 Å². The molecule has 1 aromatic rings. The van der Waals surface area contributed by atoms with E-state index in [-0.39, 0.29) is 12.5 Å². The van der Waals surface area contributed by atoms with Gasteiger partial charge in [-0.15, -0.1) is 0 Å². The van der Waals surface area contributed by atoms with Crippen LogP contribution < -0.4 is 10.1 Å². The standard InChI is InChI=1S/C13H16N2O3/c1-14-13(16)8-18-12-7-3-4-9-10(12)5-2-6-11(9)15-17/h3-4,7,17H,2,5-6,8H2,1H3,(H,14,16). The van der Waals surface area contributed by atoms with E-state index >= 15 is 0 Å². The molecule has 0 bridgehead atoms. The van der Waals surface area contributed by atoms with Crippen LogP contribution in [-0.2, 0) is 11.2 Å². The fraction of sp³-hybridized carbons (Fsp3) is 0.385. The van der Waals surface area contributed by atoms with E-state index in [4.69, 9.17) is 9.94 Å². The van der Waals surface area contributed by atoms with Crippen LogP contribution in [0.5, 0.6) is 5.75 Å². The molecular weight excluding hydrogens is 232 g/mol. The van der Waals surface area contributed by atoms with Crippen LogP contribution >= 0.6 is 0 Å². The van der Waals surface area contributed by atoms with Gasteiger partial charge in [0.25, 0.3) is 5.91 Å². The highest BCUT2D eigenvalue weighted by Gasteiger charge is 2.19. The maximum absolute atomic E-state index is 11.2. The summed E-state index contributed by atoms with van der Waals surface area (Å²) < 4.78 is 5.50. The van der Waals surface area contributed by atoms with Crippen LogP contribution in [0.25, 0.3) is 0 Å². The molecule has 1 aliphatic carbocycles. The van der Waals surface area contributed by atoms with E-state index in [1.807, 2.05) is 18.2 Å². The monoisotopic (exact) mass is 248 g/mol. The maximum Gasteiger partial charge on any atom is 0.257 e. The predicted octanol–water partition coefficient (Wildman–Crippen LogP) is 1.33. The molecule has 0 spiro atoms. The molecule has 1 aliphatic rings. The number of rotatable bonds is 3. The average Bonchev–Trinajstić information content (AvgIpc) is 2.43. The second kappa shape index (κ2) is 5.53. The number of carbonyl (C=O) groups is 1. The summed E-state index contributed by atoms with van der Waals surface area (Å²) >= 11 is 0. The second-order valence-corrected chi connectivity index (χ2v) is 4.14. The van der Waals surface area contributed by atoms with E-state index in [9.17, 15) is 4.79 Å². The zero-order valence-corrected chi connectivity index (χ0v) is 10.3. The van der Waals surface area contributed by atoms with Crippen molar-refractivity contribution in [2.45, 2.75) is 19.3 Å². The minimum Gasteiger partial charge on any atom is -0.483 e. The third-order valence-electron chi connectivity index (χ3n) is 3.04. The summed E-state index contributed by atoms with van der Waals surface area (Å²) in [5.74, 6) is 0.524. The van der Waals surface area contributed by atoms with E-state index in [2.05, 4.69) is 10.5 Å². The highest BCUT2D eigenvalue weighted by Crippen LogP contribution is 2.29. The van der Waals surface area contributed by atoms with E-state index in [0.717, 1.165) is 30.4 Å². The number of oxime groups is 1. The largest absolute Gasteiger partial charge is 0.483 e. The molecule has 1 amide bonds. The van der Waals surface area contributed by atoms with Crippen molar-refractivity contribution >= 4 is 11.6 Å². The third kappa shape index (κ3) is 2.45. The molecule has 0 aromatic heterocycles. The van der Waals surface area contributed by atoms with Gasteiger partial charge in [0, 0.05) is 18.2 Å². The maximum atomic E-state index is 11.2. The first kappa shape index (κ1) is 12.4. The van der Waals surface area contributed by atoms with Gasteiger partial charge in [-0.25, -0.2) is 0 Å². The number of fused-ring (bicyclic) bond motifs is 1. The van der Waals surface area contributed by atoms with Gasteiger partial charge >= 0.3 is 0 Å². The van der Waals surface area contributed by atoms with E-state index in [1.54, 1.807) is 7.05 Å². The fourth-order valence-corrected chi connectivity index (χ4v) is 2.12. The number of nitrogens with zero attached hydrogens (tertiary/aromatic N) is 1.